The van der Waals surface area contributed by atoms with Crippen molar-refractivity contribution in [2.75, 3.05) is 18.4 Å². The van der Waals surface area contributed by atoms with E-state index in [1.54, 1.807) is 36.2 Å². The molecule has 1 aliphatic rings. The number of benzene rings is 2. The Kier molecular flexibility index (Phi) is 9.57. The summed E-state index contributed by atoms with van der Waals surface area (Å²) < 4.78 is 42.5. The highest BCUT2D eigenvalue weighted by Crippen LogP contribution is 2.38. The second kappa shape index (κ2) is 12.6. The summed E-state index contributed by atoms with van der Waals surface area (Å²) in [5, 5.41) is 2.91. The summed E-state index contributed by atoms with van der Waals surface area (Å²) in [7, 11) is 0. The normalized spacial score (nSPS) is 16.6. The van der Waals surface area contributed by atoms with Crippen LogP contribution in [0.25, 0.3) is 11.1 Å². The molecule has 2 aromatic carbocycles. The number of allylic oxidation sites excluding steroid dienone is 2. The maximum atomic E-state index is 13.1. The first-order valence-electron chi connectivity index (χ1n) is 11.7. The molecule has 11 heteroatoms. The quantitative estimate of drug-likeness (QED) is 0.432. The number of rotatable bonds is 8. The van der Waals surface area contributed by atoms with Crippen molar-refractivity contribution in [3.8, 4) is 16.9 Å². The third-order valence-corrected chi connectivity index (χ3v) is 5.98. The van der Waals surface area contributed by atoms with Crippen LogP contribution in [0.15, 0.2) is 59.2 Å². The average Bonchev–Trinajstić information content (AvgIpc) is 2.83. The number of alkyl halides is 3. The summed E-state index contributed by atoms with van der Waals surface area (Å²) in [6.07, 6.45) is 0.614. The molecule has 1 heterocycles. The van der Waals surface area contributed by atoms with Crippen LogP contribution in [0.4, 0.5) is 18.9 Å². The van der Waals surface area contributed by atoms with E-state index in [2.05, 4.69) is 15.0 Å². The van der Waals surface area contributed by atoms with Crippen molar-refractivity contribution in [1.82, 2.24) is 4.90 Å². The molecule has 198 valence electrons. The lowest BCUT2D eigenvalue weighted by Gasteiger charge is -2.34. The van der Waals surface area contributed by atoms with E-state index in [4.69, 9.17) is 17.3 Å². The van der Waals surface area contributed by atoms with E-state index in [0.717, 1.165) is 12.8 Å². The van der Waals surface area contributed by atoms with E-state index >= 15 is 0 Å². The number of nitrogens with zero attached hydrogens (tertiary/aromatic N) is 2. The van der Waals surface area contributed by atoms with Gasteiger partial charge in [0.2, 0.25) is 11.8 Å². The molecular formula is C26H28ClF3N4O3. The number of aliphatic imine (C=N–C) groups is 1. The van der Waals surface area contributed by atoms with Gasteiger partial charge in [-0.1, -0.05) is 35.9 Å². The molecule has 0 saturated carbocycles. The predicted molar refractivity (Wildman–Crippen MR) is 137 cm³/mol. The zero-order chi connectivity index (χ0) is 27.0. The Morgan fingerprint density at radius 2 is 1.97 bits per heavy atom. The molecule has 1 atom stereocenters. The van der Waals surface area contributed by atoms with E-state index in [-0.39, 0.29) is 41.1 Å². The second-order valence-corrected chi connectivity index (χ2v) is 8.95. The van der Waals surface area contributed by atoms with Gasteiger partial charge < -0.3 is 20.7 Å². The van der Waals surface area contributed by atoms with Gasteiger partial charge in [0, 0.05) is 48.2 Å². The van der Waals surface area contributed by atoms with Crippen molar-refractivity contribution in [2.45, 2.75) is 45.0 Å². The van der Waals surface area contributed by atoms with Crippen molar-refractivity contribution in [3.05, 3.63) is 59.3 Å². The number of anilines is 1. The van der Waals surface area contributed by atoms with Crippen molar-refractivity contribution < 1.29 is 27.5 Å². The molecule has 2 amide bonds. The molecule has 7 nitrogen and oxygen atoms in total. The van der Waals surface area contributed by atoms with E-state index < -0.39 is 12.4 Å². The number of piperidine rings is 1. The smallest absolute Gasteiger partial charge is 0.405 e. The Labute approximate surface area is 218 Å². The molecular weight excluding hydrogens is 509 g/mol. The SMILES string of the molecule is CC(N)=CC=NCCC(=O)N1CCCC[C@@H]1C(=O)Nc1ccc(-c2ccccc2OC(F)(F)F)c(Cl)c1. The van der Waals surface area contributed by atoms with Gasteiger partial charge in [0.25, 0.3) is 0 Å². The highest BCUT2D eigenvalue weighted by atomic mass is 35.5. The Morgan fingerprint density at radius 1 is 1.22 bits per heavy atom. The summed E-state index contributed by atoms with van der Waals surface area (Å²) in [5.41, 5.74) is 6.98. The summed E-state index contributed by atoms with van der Waals surface area (Å²) in [4.78, 5) is 31.5. The molecule has 0 bridgehead atoms. The van der Waals surface area contributed by atoms with Crippen LogP contribution in [-0.4, -0.2) is 48.4 Å². The first kappa shape index (κ1) is 28.0. The first-order valence-corrected chi connectivity index (χ1v) is 12.1. The Bertz CT molecular complexity index is 1180. The fourth-order valence-corrected chi connectivity index (χ4v) is 4.27. The number of para-hydroxylation sites is 1. The van der Waals surface area contributed by atoms with Gasteiger partial charge in [-0.05, 0) is 50.5 Å². The number of nitrogens with one attached hydrogen (secondary N) is 1. The fourth-order valence-electron chi connectivity index (χ4n) is 3.99. The zero-order valence-corrected chi connectivity index (χ0v) is 21.0. The van der Waals surface area contributed by atoms with Gasteiger partial charge in [0.05, 0.1) is 5.02 Å². The van der Waals surface area contributed by atoms with Crippen LogP contribution in [-0.2, 0) is 9.59 Å². The van der Waals surface area contributed by atoms with Gasteiger partial charge in [0.15, 0.2) is 0 Å². The largest absolute Gasteiger partial charge is 0.573 e. The monoisotopic (exact) mass is 536 g/mol. The number of nitrogens with two attached hydrogens (primary N) is 1. The minimum Gasteiger partial charge on any atom is -0.405 e. The van der Waals surface area contributed by atoms with Crippen LogP contribution in [0.5, 0.6) is 5.75 Å². The molecule has 0 radical (unpaired) electrons. The van der Waals surface area contributed by atoms with E-state index in [0.29, 0.717) is 29.9 Å². The van der Waals surface area contributed by atoms with Gasteiger partial charge in [-0.25, -0.2) is 0 Å². The molecule has 0 spiro atoms. The Hall–Kier alpha value is -3.53. The fraction of sp³-hybridized carbons (Fsp3) is 0.346. The number of ether oxygens (including phenoxy) is 1. The third kappa shape index (κ3) is 8.24. The van der Waals surface area contributed by atoms with Crippen molar-refractivity contribution in [3.63, 3.8) is 0 Å². The van der Waals surface area contributed by atoms with E-state index in [1.165, 1.54) is 30.3 Å². The Morgan fingerprint density at radius 3 is 2.68 bits per heavy atom. The number of amides is 2. The number of halogens is 4. The molecule has 1 fully saturated rings. The molecule has 3 N–H and O–H groups in total. The molecule has 37 heavy (non-hydrogen) atoms. The van der Waals surface area contributed by atoms with E-state index in [9.17, 15) is 22.8 Å². The zero-order valence-electron chi connectivity index (χ0n) is 20.2. The minimum absolute atomic E-state index is 0.132. The lowest BCUT2D eigenvalue weighted by Crippen LogP contribution is -2.50. The van der Waals surface area contributed by atoms with Crippen molar-refractivity contribution in [1.29, 1.82) is 0 Å². The van der Waals surface area contributed by atoms with Gasteiger partial charge >= 0.3 is 6.36 Å². The van der Waals surface area contributed by atoms with Crippen LogP contribution in [0.2, 0.25) is 5.02 Å². The number of hydrogen-bond donors (Lipinski definition) is 2. The summed E-state index contributed by atoms with van der Waals surface area (Å²) in [5.74, 6) is -0.911. The summed E-state index contributed by atoms with van der Waals surface area (Å²) in [6, 6.07) is 9.52. The minimum atomic E-state index is -4.85. The number of carbonyl (C=O) groups is 2. The predicted octanol–water partition coefficient (Wildman–Crippen LogP) is 5.55. The molecule has 2 aromatic rings. The van der Waals surface area contributed by atoms with Crippen LogP contribution in [0.1, 0.15) is 32.6 Å². The standard InChI is InChI=1S/C26H28ClF3N4O3/c1-17(31)11-13-32-14-12-24(35)34-15-5-4-7-22(34)25(36)33-18-9-10-19(21(27)16-18)20-6-2-3-8-23(20)37-26(28,29)30/h2-3,6,8-11,13,16,22H,4-5,7,12,14-15,31H2,1H3,(H,33,36)/t22-/m1/s1. The Balaban J connectivity index is 1.70. The molecule has 1 aliphatic heterocycles. The van der Waals surface area contributed by atoms with Crippen LogP contribution in [0.3, 0.4) is 0 Å². The lowest BCUT2D eigenvalue weighted by molar-refractivity contribution is -0.274. The average molecular weight is 537 g/mol. The molecule has 3 rings (SSSR count). The van der Waals surface area contributed by atoms with Crippen molar-refractivity contribution >= 4 is 35.3 Å². The third-order valence-electron chi connectivity index (χ3n) is 5.66. The van der Waals surface area contributed by atoms with Crippen molar-refractivity contribution in [2.24, 2.45) is 10.7 Å². The topological polar surface area (TPSA) is 97.0 Å². The summed E-state index contributed by atoms with van der Waals surface area (Å²) in [6.45, 7) is 2.48. The van der Waals surface area contributed by atoms with Gasteiger partial charge in [-0.3, -0.25) is 14.6 Å². The van der Waals surface area contributed by atoms with Crippen LogP contribution < -0.4 is 15.8 Å². The van der Waals surface area contributed by atoms with Crippen LogP contribution in [0, 0.1) is 0 Å². The number of hydrogen-bond acceptors (Lipinski definition) is 5. The number of likely N-dealkylation sites (tertiary alicyclic amines) is 1. The van der Waals surface area contributed by atoms with E-state index in [1.807, 2.05) is 0 Å². The molecule has 0 aromatic heterocycles. The highest BCUT2D eigenvalue weighted by molar-refractivity contribution is 6.33. The first-order chi connectivity index (χ1) is 17.5. The maximum Gasteiger partial charge on any atom is 0.573 e. The van der Waals surface area contributed by atoms with Gasteiger partial charge in [0.1, 0.15) is 11.8 Å². The van der Waals surface area contributed by atoms with Gasteiger partial charge in [-0.15, -0.1) is 13.2 Å². The number of carbonyl (C=O) groups excluding carboxylic acids is 2. The highest BCUT2D eigenvalue weighted by Gasteiger charge is 2.33. The van der Waals surface area contributed by atoms with Crippen LogP contribution >= 0.6 is 11.6 Å². The molecule has 0 unspecified atom stereocenters. The summed E-state index contributed by atoms with van der Waals surface area (Å²) >= 11 is 6.38. The second-order valence-electron chi connectivity index (χ2n) is 8.54. The van der Waals surface area contributed by atoms with Gasteiger partial charge in [-0.2, -0.15) is 0 Å². The lowest BCUT2D eigenvalue weighted by atomic mass is 10.0. The molecule has 1 saturated heterocycles. The maximum absolute atomic E-state index is 13.1. The molecule has 0 aliphatic carbocycles.